The van der Waals surface area contributed by atoms with E-state index in [0.717, 1.165) is 22.0 Å². The van der Waals surface area contributed by atoms with E-state index in [1.54, 1.807) is 43.9 Å². The molecule has 330 valence electrons. The molecule has 1 aliphatic rings. The van der Waals surface area contributed by atoms with Crippen molar-refractivity contribution in [1.82, 2.24) is 30.2 Å². The van der Waals surface area contributed by atoms with Crippen LogP contribution in [0, 0.1) is 3.57 Å². The number of benzene rings is 2. The summed E-state index contributed by atoms with van der Waals surface area (Å²) in [6, 6.07) is 13.7. The van der Waals surface area contributed by atoms with Crippen molar-refractivity contribution >= 4 is 81.4 Å². The lowest BCUT2D eigenvalue weighted by Crippen LogP contribution is -2.53. The van der Waals surface area contributed by atoms with E-state index in [4.69, 9.17) is 12.2 Å². The normalized spacial score (nSPS) is 16.7. The molecule has 1 aliphatic heterocycles. The average molecular weight is 970 g/mol. The smallest absolute Gasteiger partial charge is 0.326 e. The van der Waals surface area contributed by atoms with Crippen LogP contribution >= 0.6 is 34.8 Å². The second-order valence-electron chi connectivity index (χ2n) is 14.7. The fourth-order valence-electron chi connectivity index (χ4n) is 6.83. The van der Waals surface area contributed by atoms with Crippen LogP contribution in [-0.2, 0) is 41.6 Å². The molecule has 1 unspecified atom stereocenters. The molecule has 1 saturated heterocycles. The first-order valence-electron chi connectivity index (χ1n) is 19.7. The Hall–Kier alpha value is -4.48. The highest BCUT2D eigenvalue weighted by molar-refractivity contribution is 14.1. The van der Waals surface area contributed by atoms with Crippen molar-refractivity contribution in [3.63, 3.8) is 0 Å². The van der Waals surface area contributed by atoms with Gasteiger partial charge in [0, 0.05) is 74.1 Å². The summed E-state index contributed by atoms with van der Waals surface area (Å²) in [5.74, 6) is -5.49. The number of carboxylic acids is 5. The Morgan fingerprint density at radius 3 is 1.78 bits per heavy atom. The molecule has 0 aromatic heterocycles. The second kappa shape index (κ2) is 26.7. The number of thiocarbonyl (C=S) groups is 1. The third-order valence-electron chi connectivity index (χ3n) is 9.88. The summed E-state index contributed by atoms with van der Waals surface area (Å²) in [5, 5.41) is 57.2. The molecule has 0 aliphatic carbocycles. The van der Waals surface area contributed by atoms with E-state index in [0.29, 0.717) is 37.9 Å². The van der Waals surface area contributed by atoms with E-state index in [1.165, 1.54) is 5.56 Å². The number of carbonyl (C=O) groups is 6. The summed E-state index contributed by atoms with van der Waals surface area (Å²) in [7, 11) is 0. The molecular formula is C40H56IN7O11S. The van der Waals surface area contributed by atoms with Gasteiger partial charge in [0.25, 0.3) is 0 Å². The summed E-state index contributed by atoms with van der Waals surface area (Å²) in [6.45, 7) is 0.290. The molecular weight excluding hydrogens is 913 g/mol. The highest BCUT2D eigenvalue weighted by atomic mass is 127. The van der Waals surface area contributed by atoms with E-state index < -0.39 is 41.9 Å². The van der Waals surface area contributed by atoms with E-state index in [9.17, 15) is 54.3 Å². The molecule has 1 fully saturated rings. The number of hydrogen-bond acceptors (Lipinski definition) is 11. The zero-order valence-corrected chi connectivity index (χ0v) is 36.4. The molecule has 0 radical (unpaired) electrons. The molecule has 18 nitrogen and oxygen atoms in total. The zero-order valence-electron chi connectivity index (χ0n) is 33.5. The quantitative estimate of drug-likeness (QED) is 0.0476. The van der Waals surface area contributed by atoms with Gasteiger partial charge in [-0.2, -0.15) is 0 Å². The van der Waals surface area contributed by atoms with Crippen LogP contribution in [0.25, 0.3) is 0 Å². The lowest BCUT2D eigenvalue weighted by atomic mass is 10.0. The number of aliphatic carboxylic acids is 5. The van der Waals surface area contributed by atoms with Crippen LogP contribution in [0.3, 0.4) is 0 Å². The van der Waals surface area contributed by atoms with Crippen molar-refractivity contribution in [2.45, 2.75) is 57.0 Å². The minimum absolute atomic E-state index is 0.0424. The number of carbonyl (C=O) groups excluding carboxylic acids is 1. The van der Waals surface area contributed by atoms with Crippen LogP contribution in [0.4, 0.5) is 5.69 Å². The van der Waals surface area contributed by atoms with Gasteiger partial charge in [0.1, 0.15) is 6.04 Å². The topological polar surface area (TPSA) is 253 Å². The van der Waals surface area contributed by atoms with E-state index in [1.807, 2.05) is 12.1 Å². The maximum Gasteiger partial charge on any atom is 0.326 e. The lowest BCUT2D eigenvalue weighted by molar-refractivity contribution is -0.142. The Labute approximate surface area is 368 Å². The molecule has 2 aromatic rings. The zero-order chi connectivity index (χ0) is 44.0. The first-order valence-corrected chi connectivity index (χ1v) is 21.2. The number of carboxylic acid groups (broad SMARTS) is 5. The molecule has 1 amide bonds. The number of nitrogens with zero attached hydrogens (tertiary/aromatic N) is 4. The maximum atomic E-state index is 12.3. The SMILES string of the molecule is O=C(O)CN1CCN(CC(=O)O)CCN(CC(=O)O)C(Cc2ccc(NC(=S)N[C@@H](CCCCNC(=O)CCCc3ccc(I)cc3)C(=O)O)cc2)CN(CC(=O)O)CC1. The van der Waals surface area contributed by atoms with Gasteiger partial charge in [0.2, 0.25) is 5.91 Å². The second-order valence-corrected chi connectivity index (χ2v) is 16.4. The minimum Gasteiger partial charge on any atom is -0.480 e. The Balaban J connectivity index is 1.60. The van der Waals surface area contributed by atoms with Crippen molar-refractivity contribution < 1.29 is 54.3 Å². The van der Waals surface area contributed by atoms with Gasteiger partial charge in [0.05, 0.1) is 26.2 Å². The monoisotopic (exact) mass is 969 g/mol. The van der Waals surface area contributed by atoms with E-state index in [-0.39, 0.29) is 89.4 Å². The van der Waals surface area contributed by atoms with Crippen molar-refractivity contribution in [2.75, 3.05) is 83.9 Å². The predicted octanol–water partition coefficient (Wildman–Crippen LogP) is 1.81. The number of unbranched alkanes of at least 4 members (excludes halogenated alkanes) is 1. The van der Waals surface area contributed by atoms with E-state index >= 15 is 0 Å². The van der Waals surface area contributed by atoms with Crippen molar-refractivity contribution in [2.24, 2.45) is 0 Å². The number of anilines is 1. The number of amides is 1. The van der Waals surface area contributed by atoms with Gasteiger partial charge in [-0.15, -0.1) is 0 Å². The molecule has 60 heavy (non-hydrogen) atoms. The van der Waals surface area contributed by atoms with Crippen molar-refractivity contribution in [1.29, 1.82) is 0 Å². The molecule has 20 heteroatoms. The molecule has 0 bridgehead atoms. The highest BCUT2D eigenvalue weighted by Crippen LogP contribution is 2.17. The predicted molar refractivity (Wildman–Crippen MR) is 235 cm³/mol. The Kier molecular flexibility index (Phi) is 22.2. The third-order valence-corrected chi connectivity index (χ3v) is 10.8. The standard InChI is InChI=1S/C40H56IN7O11S/c41-30-11-7-28(8-12-30)4-3-6-34(49)42-15-2-1-5-33(39(58)59)44-40(60)43-31-13-9-29(10-14-31)22-32-23-47(26-37(54)55)19-18-45(24-35(50)51)16-17-46(25-36(52)53)20-21-48(32)27-38(56)57/h7-14,32-33H,1-6,15-27H2,(H,42,49)(H,50,51)(H,52,53)(H,54,55)(H,56,57)(H,58,59)(H2,43,44,60)/t32?,33-/m0/s1. The van der Waals surface area contributed by atoms with Gasteiger partial charge in [0.15, 0.2) is 5.11 Å². The van der Waals surface area contributed by atoms with E-state index in [2.05, 4.69) is 50.7 Å². The van der Waals surface area contributed by atoms with Crippen LogP contribution in [-0.4, -0.2) is 177 Å². The van der Waals surface area contributed by atoms with Crippen LogP contribution in [0.1, 0.15) is 43.2 Å². The molecule has 1 heterocycles. The number of hydrogen-bond donors (Lipinski definition) is 8. The summed E-state index contributed by atoms with van der Waals surface area (Å²) >= 11 is 7.67. The van der Waals surface area contributed by atoms with Crippen molar-refractivity contribution in [3.05, 3.63) is 63.2 Å². The fourth-order valence-corrected chi connectivity index (χ4v) is 7.45. The Morgan fingerprint density at radius 1 is 0.683 bits per heavy atom. The first-order chi connectivity index (χ1) is 28.6. The molecule has 0 spiro atoms. The number of nitrogens with one attached hydrogen (secondary N) is 3. The van der Waals surface area contributed by atoms with Crippen molar-refractivity contribution in [3.8, 4) is 0 Å². The van der Waals surface area contributed by atoms with Crippen LogP contribution in [0.15, 0.2) is 48.5 Å². The largest absolute Gasteiger partial charge is 0.480 e. The Bertz CT molecular complexity index is 1740. The summed E-state index contributed by atoms with van der Waals surface area (Å²) < 4.78 is 1.16. The van der Waals surface area contributed by atoms with Crippen LogP contribution in [0.2, 0.25) is 0 Å². The minimum atomic E-state index is -1.11. The molecule has 8 N–H and O–H groups in total. The van der Waals surface area contributed by atoms with Gasteiger partial charge in [-0.25, -0.2) is 4.79 Å². The maximum absolute atomic E-state index is 12.3. The molecule has 2 aromatic carbocycles. The lowest BCUT2D eigenvalue weighted by Gasteiger charge is -2.37. The van der Waals surface area contributed by atoms with Gasteiger partial charge >= 0.3 is 29.8 Å². The van der Waals surface area contributed by atoms with Gasteiger partial charge < -0.3 is 41.5 Å². The highest BCUT2D eigenvalue weighted by Gasteiger charge is 2.28. The summed E-state index contributed by atoms with van der Waals surface area (Å²) in [5.41, 5.74) is 2.51. The number of rotatable bonds is 22. The number of aryl methyl sites for hydroxylation is 1. The average Bonchev–Trinajstić information content (AvgIpc) is 3.16. The van der Waals surface area contributed by atoms with Crippen LogP contribution < -0.4 is 16.0 Å². The summed E-state index contributed by atoms with van der Waals surface area (Å²) in [6.07, 6.45) is 3.65. The fraction of sp³-hybridized carbons (Fsp3) is 0.525. The number of halogens is 1. The first kappa shape index (κ1) is 49.9. The molecule has 3 rings (SSSR count). The summed E-state index contributed by atoms with van der Waals surface area (Å²) in [4.78, 5) is 78.1. The third kappa shape index (κ3) is 20.7. The molecule has 0 saturated carbocycles. The van der Waals surface area contributed by atoms with Gasteiger partial charge in [-0.1, -0.05) is 24.3 Å². The Morgan fingerprint density at radius 2 is 1.22 bits per heavy atom. The molecule has 2 atom stereocenters. The van der Waals surface area contributed by atoms with Gasteiger partial charge in [-0.05, 0) is 109 Å². The van der Waals surface area contributed by atoms with Crippen LogP contribution in [0.5, 0.6) is 0 Å². The van der Waals surface area contributed by atoms with Gasteiger partial charge in [-0.3, -0.25) is 43.6 Å².